The predicted octanol–water partition coefficient (Wildman–Crippen LogP) is 2.63. The molecule has 1 N–H and O–H groups in total. The topological polar surface area (TPSA) is 67.2 Å². The fourth-order valence-electron chi connectivity index (χ4n) is 3.35. The maximum Gasteiger partial charge on any atom is 0.263 e. The lowest BCUT2D eigenvalue weighted by atomic mass is 9.96. The van der Waals surface area contributed by atoms with Gasteiger partial charge in [-0.25, -0.2) is 0 Å². The van der Waals surface area contributed by atoms with Crippen LogP contribution in [0.3, 0.4) is 0 Å². The number of hydrogen-bond acceptors (Lipinski definition) is 4. The highest BCUT2D eigenvalue weighted by atomic mass is 32.1. The summed E-state index contributed by atoms with van der Waals surface area (Å²) in [4.78, 5) is 28.9. The number of carbonyl (C=O) groups excluding carboxylic acids is 2. The Morgan fingerprint density at radius 2 is 2.08 bits per heavy atom. The van der Waals surface area contributed by atoms with Crippen LogP contribution in [-0.4, -0.2) is 46.1 Å². The lowest BCUT2D eigenvalue weighted by Gasteiger charge is -2.31. The Morgan fingerprint density at radius 1 is 1.35 bits per heavy atom. The largest absolute Gasteiger partial charge is 0.352 e. The molecule has 3 heterocycles. The molecule has 0 aliphatic carbocycles. The van der Waals surface area contributed by atoms with Crippen LogP contribution in [0.2, 0.25) is 0 Å². The molecule has 26 heavy (non-hydrogen) atoms. The van der Waals surface area contributed by atoms with Crippen LogP contribution in [0, 0.1) is 12.8 Å². The maximum atomic E-state index is 12.7. The Balaban J connectivity index is 1.47. The number of aromatic nitrogens is 2. The van der Waals surface area contributed by atoms with Crippen LogP contribution in [0.4, 0.5) is 0 Å². The molecule has 3 rings (SSSR count). The molecule has 1 aliphatic heterocycles. The zero-order chi connectivity index (χ0) is 18.7. The summed E-state index contributed by atoms with van der Waals surface area (Å²) < 4.78 is 1.62. The first-order chi connectivity index (χ1) is 12.5. The van der Waals surface area contributed by atoms with E-state index in [1.165, 1.54) is 10.4 Å². The van der Waals surface area contributed by atoms with Gasteiger partial charge in [0.1, 0.15) is 0 Å². The highest BCUT2D eigenvalue weighted by Crippen LogP contribution is 2.25. The minimum Gasteiger partial charge on any atom is -0.352 e. The van der Waals surface area contributed by atoms with E-state index in [-0.39, 0.29) is 11.8 Å². The fraction of sp³-hybridized carbons (Fsp3) is 0.526. The van der Waals surface area contributed by atoms with Crippen LogP contribution in [0.1, 0.15) is 50.2 Å². The second-order valence-electron chi connectivity index (χ2n) is 6.92. The molecule has 1 aliphatic rings. The lowest BCUT2D eigenvalue weighted by Crippen LogP contribution is -2.41. The summed E-state index contributed by atoms with van der Waals surface area (Å²) in [5.41, 5.74) is 1.80. The highest BCUT2D eigenvalue weighted by molar-refractivity contribution is 7.14. The monoisotopic (exact) mass is 374 g/mol. The van der Waals surface area contributed by atoms with Crippen molar-refractivity contribution in [1.82, 2.24) is 20.0 Å². The van der Waals surface area contributed by atoms with Crippen molar-refractivity contribution in [3.8, 4) is 0 Å². The molecule has 7 heteroatoms. The van der Waals surface area contributed by atoms with Crippen molar-refractivity contribution in [2.45, 2.75) is 33.1 Å². The van der Waals surface area contributed by atoms with Gasteiger partial charge in [-0.15, -0.1) is 11.3 Å². The smallest absolute Gasteiger partial charge is 0.263 e. The number of piperidine rings is 1. The van der Waals surface area contributed by atoms with Gasteiger partial charge in [-0.3, -0.25) is 14.3 Å². The van der Waals surface area contributed by atoms with Crippen molar-refractivity contribution in [3.05, 3.63) is 39.3 Å². The third-order valence-electron chi connectivity index (χ3n) is 4.97. The molecule has 1 saturated heterocycles. The van der Waals surface area contributed by atoms with E-state index in [9.17, 15) is 9.59 Å². The maximum absolute atomic E-state index is 12.7. The Morgan fingerprint density at radius 3 is 2.65 bits per heavy atom. The Kier molecular flexibility index (Phi) is 5.76. The first kappa shape index (κ1) is 18.6. The van der Waals surface area contributed by atoms with Gasteiger partial charge in [0.15, 0.2) is 0 Å². The summed E-state index contributed by atoms with van der Waals surface area (Å²) in [6.07, 6.45) is 6.10. The van der Waals surface area contributed by atoms with Gasteiger partial charge in [-0.1, -0.05) is 6.92 Å². The first-order valence-corrected chi connectivity index (χ1v) is 9.95. The molecule has 0 aromatic carbocycles. The van der Waals surface area contributed by atoms with Gasteiger partial charge in [0.05, 0.1) is 16.6 Å². The Hall–Kier alpha value is -2.15. The molecule has 0 atom stereocenters. The minimum atomic E-state index is -0.0854. The third kappa shape index (κ3) is 4.15. The van der Waals surface area contributed by atoms with Crippen LogP contribution in [0.5, 0.6) is 0 Å². The van der Waals surface area contributed by atoms with Crippen molar-refractivity contribution in [3.63, 3.8) is 0 Å². The van der Waals surface area contributed by atoms with Crippen molar-refractivity contribution >= 4 is 23.2 Å². The second kappa shape index (κ2) is 8.03. The standard InChI is InChI=1S/C19H26N4O2S/c1-4-16-13(2)9-17(26-16)19(25)23-7-5-14(6-8-23)10-20-18(24)15-11-21-22(3)12-15/h9,11-12,14H,4-8,10H2,1-3H3,(H,20,24). The highest BCUT2D eigenvalue weighted by Gasteiger charge is 2.25. The van der Waals surface area contributed by atoms with Gasteiger partial charge in [-0.05, 0) is 43.7 Å². The van der Waals surface area contributed by atoms with E-state index >= 15 is 0 Å². The van der Waals surface area contributed by atoms with Crippen molar-refractivity contribution in [2.75, 3.05) is 19.6 Å². The fourth-order valence-corrected chi connectivity index (χ4v) is 4.43. The van der Waals surface area contributed by atoms with Crippen molar-refractivity contribution < 1.29 is 9.59 Å². The molecule has 0 spiro atoms. The number of nitrogens with one attached hydrogen (secondary N) is 1. The average molecular weight is 375 g/mol. The molecule has 140 valence electrons. The van der Waals surface area contributed by atoms with Crippen LogP contribution >= 0.6 is 11.3 Å². The van der Waals surface area contributed by atoms with Crippen molar-refractivity contribution in [2.24, 2.45) is 13.0 Å². The van der Waals surface area contributed by atoms with Gasteiger partial charge in [-0.2, -0.15) is 5.10 Å². The summed E-state index contributed by atoms with van der Waals surface area (Å²) in [6.45, 7) is 6.35. The van der Waals surface area contributed by atoms with E-state index in [0.29, 0.717) is 18.0 Å². The van der Waals surface area contributed by atoms with Gasteiger partial charge in [0, 0.05) is 37.8 Å². The number of carbonyl (C=O) groups is 2. The average Bonchev–Trinajstić information content (AvgIpc) is 3.25. The second-order valence-corrected chi connectivity index (χ2v) is 8.06. The van der Waals surface area contributed by atoms with E-state index in [4.69, 9.17) is 0 Å². The SMILES string of the molecule is CCc1sc(C(=O)N2CCC(CNC(=O)c3cnn(C)c3)CC2)cc1C. The van der Waals surface area contributed by atoms with Crippen LogP contribution in [0.25, 0.3) is 0 Å². The third-order valence-corrected chi connectivity index (χ3v) is 6.34. The number of aryl methyl sites for hydroxylation is 3. The summed E-state index contributed by atoms with van der Waals surface area (Å²) >= 11 is 1.62. The quantitative estimate of drug-likeness (QED) is 0.875. The van der Waals surface area contributed by atoms with Gasteiger partial charge in [0.25, 0.3) is 11.8 Å². The van der Waals surface area contributed by atoms with Crippen LogP contribution in [0.15, 0.2) is 18.5 Å². The predicted molar refractivity (Wildman–Crippen MR) is 103 cm³/mol. The Labute approximate surface area is 158 Å². The number of amides is 2. The lowest BCUT2D eigenvalue weighted by molar-refractivity contribution is 0.0689. The number of rotatable bonds is 5. The minimum absolute atomic E-state index is 0.0854. The zero-order valence-electron chi connectivity index (χ0n) is 15.6. The number of likely N-dealkylation sites (tertiary alicyclic amines) is 1. The van der Waals surface area contributed by atoms with Gasteiger partial charge in [0.2, 0.25) is 0 Å². The summed E-state index contributed by atoms with van der Waals surface area (Å²) in [5, 5.41) is 7.00. The molecule has 2 aromatic heterocycles. The van der Waals surface area contributed by atoms with Crippen LogP contribution < -0.4 is 5.32 Å². The van der Waals surface area contributed by atoms with E-state index in [1.807, 2.05) is 11.0 Å². The molecular formula is C19H26N4O2S. The van der Waals surface area contributed by atoms with Crippen LogP contribution in [-0.2, 0) is 13.5 Å². The molecule has 0 unspecified atom stereocenters. The van der Waals surface area contributed by atoms with Crippen molar-refractivity contribution in [1.29, 1.82) is 0 Å². The van der Waals surface area contributed by atoms with E-state index in [2.05, 4.69) is 24.3 Å². The van der Waals surface area contributed by atoms with Gasteiger partial charge >= 0.3 is 0 Å². The number of nitrogens with zero attached hydrogens (tertiary/aromatic N) is 3. The molecule has 0 radical (unpaired) electrons. The first-order valence-electron chi connectivity index (χ1n) is 9.13. The molecule has 0 saturated carbocycles. The summed E-state index contributed by atoms with van der Waals surface area (Å²) in [6, 6.07) is 2.02. The zero-order valence-corrected chi connectivity index (χ0v) is 16.4. The van der Waals surface area contributed by atoms with E-state index in [0.717, 1.165) is 37.2 Å². The van der Waals surface area contributed by atoms with E-state index < -0.39 is 0 Å². The molecule has 0 bridgehead atoms. The molecule has 6 nitrogen and oxygen atoms in total. The van der Waals surface area contributed by atoms with E-state index in [1.54, 1.807) is 35.5 Å². The molecule has 2 aromatic rings. The summed E-state index contributed by atoms with van der Waals surface area (Å²) in [5.74, 6) is 0.476. The molecule has 2 amide bonds. The molecular weight excluding hydrogens is 348 g/mol. The molecule has 1 fully saturated rings. The number of thiophene rings is 1. The Bertz CT molecular complexity index is 787. The summed E-state index contributed by atoms with van der Waals surface area (Å²) in [7, 11) is 1.79. The van der Waals surface area contributed by atoms with Gasteiger partial charge < -0.3 is 10.2 Å². The number of hydrogen-bond donors (Lipinski definition) is 1. The normalized spacial score (nSPS) is 15.3.